The molecule has 0 radical (unpaired) electrons. The predicted molar refractivity (Wildman–Crippen MR) is 52.2 cm³/mol. The maximum atomic E-state index is 11.1. The van der Waals surface area contributed by atoms with Crippen molar-refractivity contribution in [2.45, 2.75) is 18.7 Å². The highest BCUT2D eigenvalue weighted by atomic mass is 32.2. The third kappa shape index (κ3) is 2.70. The average molecular weight is 202 g/mol. The van der Waals surface area contributed by atoms with Gasteiger partial charge in [0.25, 0.3) is 0 Å². The average Bonchev–Trinajstić information content (AvgIpc) is 2.52. The van der Waals surface area contributed by atoms with Gasteiger partial charge in [-0.15, -0.1) is 11.8 Å². The second-order valence-electron chi connectivity index (χ2n) is 3.07. The van der Waals surface area contributed by atoms with Crippen LogP contribution in [0.4, 0.5) is 0 Å². The van der Waals surface area contributed by atoms with Crippen LogP contribution in [-0.4, -0.2) is 29.4 Å². The van der Waals surface area contributed by atoms with Gasteiger partial charge in [0.05, 0.1) is 11.9 Å². The molecule has 1 fully saturated rings. The highest BCUT2D eigenvalue weighted by molar-refractivity contribution is 8.00. The molecule has 1 aliphatic rings. The Hall–Kier alpha value is -0.550. The molecule has 0 spiro atoms. The van der Waals surface area contributed by atoms with Crippen LogP contribution in [0.3, 0.4) is 0 Å². The van der Waals surface area contributed by atoms with Crippen LogP contribution >= 0.6 is 11.8 Å². The number of nitrogens with two attached hydrogens (primary N) is 1. The number of amides is 1. The molecule has 4 nitrogen and oxygen atoms in total. The summed E-state index contributed by atoms with van der Waals surface area (Å²) >= 11 is 1.61. The first-order valence-electron chi connectivity index (χ1n) is 4.26. The number of hydrogen-bond acceptors (Lipinski definition) is 4. The van der Waals surface area contributed by atoms with E-state index in [-0.39, 0.29) is 29.5 Å². The molecule has 0 saturated carbocycles. The molecular formula is C8H14N2O2S. The van der Waals surface area contributed by atoms with Crippen molar-refractivity contribution in [1.29, 1.82) is 0 Å². The molecule has 0 aliphatic carbocycles. The Labute approximate surface area is 81.6 Å². The van der Waals surface area contributed by atoms with E-state index in [0.717, 1.165) is 12.2 Å². The minimum atomic E-state index is -0.189. The van der Waals surface area contributed by atoms with Crippen molar-refractivity contribution in [2.24, 2.45) is 11.7 Å². The lowest BCUT2D eigenvalue weighted by molar-refractivity contribution is -0.122. The normalized spacial score (nSPS) is 27.2. The van der Waals surface area contributed by atoms with Crippen LogP contribution in [0.1, 0.15) is 13.3 Å². The van der Waals surface area contributed by atoms with E-state index in [1.807, 2.05) is 0 Å². The molecule has 74 valence electrons. The van der Waals surface area contributed by atoms with Gasteiger partial charge in [0.15, 0.2) is 0 Å². The van der Waals surface area contributed by atoms with Gasteiger partial charge in [-0.3, -0.25) is 9.59 Å². The number of carbonyl (C=O) groups excluding carboxylic acids is 2. The van der Waals surface area contributed by atoms with Gasteiger partial charge in [-0.2, -0.15) is 0 Å². The maximum Gasteiger partial charge on any atom is 0.234 e. The number of hydrogen-bond donors (Lipinski definition) is 2. The van der Waals surface area contributed by atoms with Gasteiger partial charge in [-0.25, -0.2) is 0 Å². The first-order chi connectivity index (χ1) is 6.15. The highest BCUT2D eigenvalue weighted by Crippen LogP contribution is 2.30. The number of thioether (sulfide) groups is 1. The van der Waals surface area contributed by atoms with Crippen molar-refractivity contribution >= 4 is 23.5 Å². The monoisotopic (exact) mass is 202 g/mol. The third-order valence-corrected chi connectivity index (χ3v) is 3.38. The number of Topliss-reactive ketones (excluding diaryl/α,β-unsaturated/α-hetero) is 1. The number of carbonyl (C=O) groups is 2. The fourth-order valence-corrected chi connectivity index (χ4v) is 2.78. The molecule has 1 amide bonds. The van der Waals surface area contributed by atoms with Crippen LogP contribution in [-0.2, 0) is 9.59 Å². The number of nitrogens with one attached hydrogen (secondary N) is 1. The molecular weight excluding hydrogens is 188 g/mol. The zero-order valence-corrected chi connectivity index (χ0v) is 8.39. The van der Waals surface area contributed by atoms with Crippen molar-refractivity contribution in [1.82, 2.24) is 5.32 Å². The summed E-state index contributed by atoms with van der Waals surface area (Å²) in [6.45, 7) is 1.56. The zero-order chi connectivity index (χ0) is 9.84. The Morgan fingerprint density at radius 2 is 2.31 bits per heavy atom. The maximum absolute atomic E-state index is 11.1. The summed E-state index contributed by atoms with van der Waals surface area (Å²) in [4.78, 5) is 22.1. The Bertz CT molecular complexity index is 220. The van der Waals surface area contributed by atoms with Gasteiger partial charge >= 0.3 is 0 Å². The highest BCUT2D eigenvalue weighted by Gasteiger charge is 2.31. The van der Waals surface area contributed by atoms with E-state index in [9.17, 15) is 9.59 Å². The lowest BCUT2D eigenvalue weighted by atomic mass is 10.0. The minimum Gasteiger partial charge on any atom is -0.343 e. The molecule has 0 aromatic carbocycles. The zero-order valence-electron chi connectivity index (χ0n) is 7.58. The lowest BCUT2D eigenvalue weighted by Gasteiger charge is -2.16. The topological polar surface area (TPSA) is 72.2 Å². The Balaban J connectivity index is 2.48. The van der Waals surface area contributed by atoms with E-state index in [1.165, 1.54) is 0 Å². The van der Waals surface area contributed by atoms with E-state index in [1.54, 1.807) is 18.7 Å². The predicted octanol–water partition coefficient (Wildman–Crippen LogP) is -0.270. The third-order valence-electron chi connectivity index (χ3n) is 2.10. The van der Waals surface area contributed by atoms with Crippen molar-refractivity contribution < 1.29 is 9.59 Å². The summed E-state index contributed by atoms with van der Waals surface area (Å²) in [7, 11) is 0. The van der Waals surface area contributed by atoms with Crippen LogP contribution < -0.4 is 11.1 Å². The van der Waals surface area contributed by atoms with E-state index < -0.39 is 0 Å². The SMILES string of the molecule is CC(=O)C1CCSC1NC(=O)CN. The first-order valence-corrected chi connectivity index (χ1v) is 5.31. The standard InChI is InChI=1S/C8H14N2O2S/c1-5(11)6-2-3-13-8(6)10-7(12)4-9/h6,8H,2-4,9H2,1H3,(H,10,12). The second kappa shape index (κ2) is 4.62. The molecule has 3 N–H and O–H groups in total. The molecule has 2 unspecified atom stereocenters. The van der Waals surface area contributed by atoms with Crippen LogP contribution in [0.25, 0.3) is 0 Å². The van der Waals surface area contributed by atoms with Crippen LogP contribution in [0.2, 0.25) is 0 Å². The van der Waals surface area contributed by atoms with Crippen LogP contribution in [0, 0.1) is 5.92 Å². The van der Waals surface area contributed by atoms with E-state index >= 15 is 0 Å². The Kier molecular flexibility index (Phi) is 3.74. The summed E-state index contributed by atoms with van der Waals surface area (Å²) in [5, 5.41) is 2.68. The molecule has 2 atom stereocenters. The second-order valence-corrected chi connectivity index (χ2v) is 4.32. The van der Waals surface area contributed by atoms with E-state index in [0.29, 0.717) is 0 Å². The molecule has 1 saturated heterocycles. The molecule has 1 rings (SSSR count). The van der Waals surface area contributed by atoms with Gasteiger partial charge in [0.1, 0.15) is 5.78 Å². The molecule has 0 bridgehead atoms. The molecule has 5 heteroatoms. The van der Waals surface area contributed by atoms with Crippen molar-refractivity contribution in [2.75, 3.05) is 12.3 Å². The summed E-state index contributed by atoms with van der Waals surface area (Å²) in [5.41, 5.74) is 5.17. The minimum absolute atomic E-state index is 0.0122. The summed E-state index contributed by atoms with van der Waals surface area (Å²) in [5.74, 6) is 0.859. The van der Waals surface area contributed by atoms with Gasteiger partial charge in [0.2, 0.25) is 5.91 Å². The summed E-state index contributed by atoms with van der Waals surface area (Å²) < 4.78 is 0. The summed E-state index contributed by atoms with van der Waals surface area (Å²) in [6, 6.07) is 0. The largest absolute Gasteiger partial charge is 0.343 e. The first kappa shape index (κ1) is 10.5. The number of rotatable bonds is 3. The van der Waals surface area contributed by atoms with Crippen molar-refractivity contribution in [3.05, 3.63) is 0 Å². The summed E-state index contributed by atoms with van der Waals surface area (Å²) in [6.07, 6.45) is 0.857. The molecule has 1 aliphatic heterocycles. The molecule has 0 aromatic heterocycles. The Morgan fingerprint density at radius 1 is 1.62 bits per heavy atom. The molecule has 0 aromatic rings. The van der Waals surface area contributed by atoms with Crippen molar-refractivity contribution in [3.63, 3.8) is 0 Å². The molecule has 1 heterocycles. The van der Waals surface area contributed by atoms with Crippen LogP contribution in [0.5, 0.6) is 0 Å². The van der Waals surface area contributed by atoms with Gasteiger partial charge in [-0.05, 0) is 19.1 Å². The van der Waals surface area contributed by atoms with Gasteiger partial charge in [0, 0.05) is 5.92 Å². The number of ketones is 1. The molecule has 13 heavy (non-hydrogen) atoms. The van der Waals surface area contributed by atoms with E-state index in [4.69, 9.17) is 5.73 Å². The fraction of sp³-hybridized carbons (Fsp3) is 0.750. The van der Waals surface area contributed by atoms with Crippen molar-refractivity contribution in [3.8, 4) is 0 Å². The van der Waals surface area contributed by atoms with Gasteiger partial charge < -0.3 is 11.1 Å². The van der Waals surface area contributed by atoms with Gasteiger partial charge in [-0.1, -0.05) is 0 Å². The smallest absolute Gasteiger partial charge is 0.234 e. The fourth-order valence-electron chi connectivity index (χ4n) is 1.37. The quantitative estimate of drug-likeness (QED) is 0.661. The van der Waals surface area contributed by atoms with E-state index in [2.05, 4.69) is 5.32 Å². The lowest BCUT2D eigenvalue weighted by Crippen LogP contribution is -2.40. The Morgan fingerprint density at radius 3 is 2.85 bits per heavy atom. The van der Waals surface area contributed by atoms with Crippen LogP contribution in [0.15, 0.2) is 0 Å².